The molecule has 8 heteroatoms. The summed E-state index contributed by atoms with van der Waals surface area (Å²) in [6.07, 6.45) is -0.0764. The molecule has 192 valence electrons. The number of fused-ring (bicyclic) bond motifs is 1. The van der Waals surface area contributed by atoms with Gasteiger partial charge in [0.15, 0.2) is 6.10 Å². The van der Waals surface area contributed by atoms with Crippen LogP contribution in [0.2, 0.25) is 5.02 Å². The summed E-state index contributed by atoms with van der Waals surface area (Å²) in [6.45, 7) is 5.24. The van der Waals surface area contributed by atoms with Crippen molar-refractivity contribution in [2.45, 2.75) is 51.8 Å². The van der Waals surface area contributed by atoms with Crippen LogP contribution in [0.5, 0.6) is 5.75 Å². The number of hydrogen-bond acceptors (Lipinski definition) is 4. The summed E-state index contributed by atoms with van der Waals surface area (Å²) in [5, 5.41) is 9.82. The number of carbonyl (C=O) groups is 3. The molecule has 0 saturated carbocycles. The number of hydrogen-bond donors (Lipinski definition) is 1. The minimum absolute atomic E-state index is 0.101. The predicted molar refractivity (Wildman–Crippen MR) is 143 cm³/mol. The van der Waals surface area contributed by atoms with E-state index in [1.165, 1.54) is 6.92 Å². The Morgan fingerprint density at radius 2 is 1.70 bits per heavy atom. The molecule has 0 saturated heterocycles. The summed E-state index contributed by atoms with van der Waals surface area (Å²) in [6, 6.07) is 20.8. The summed E-state index contributed by atoms with van der Waals surface area (Å²) in [5.41, 5.74) is 2.82. The van der Waals surface area contributed by atoms with E-state index in [1.54, 1.807) is 53.1 Å². The molecule has 1 aliphatic rings. The Bertz CT molecular complexity index is 1290. The molecule has 0 fully saturated rings. The number of rotatable bonds is 7. The lowest BCUT2D eigenvalue weighted by Gasteiger charge is -2.43. The molecular weight excluding hydrogens is 492 g/mol. The number of ether oxygens (including phenoxy) is 1. The molecule has 4 rings (SSSR count). The fraction of sp³-hybridized carbons (Fsp3) is 0.276. The van der Waals surface area contributed by atoms with Crippen molar-refractivity contribution in [3.8, 4) is 5.75 Å². The van der Waals surface area contributed by atoms with Gasteiger partial charge in [0.05, 0.1) is 6.04 Å². The highest BCUT2D eigenvalue weighted by Crippen LogP contribution is 2.43. The number of para-hydroxylation sites is 1. The van der Waals surface area contributed by atoms with Crippen LogP contribution in [-0.2, 0) is 9.59 Å². The summed E-state index contributed by atoms with van der Waals surface area (Å²) < 4.78 is 5.52. The molecule has 2 amide bonds. The minimum atomic E-state index is -1.03. The Kier molecular flexibility index (Phi) is 7.83. The van der Waals surface area contributed by atoms with Gasteiger partial charge in [-0.2, -0.15) is 0 Å². The molecule has 0 aliphatic carbocycles. The maximum Gasteiger partial charge on any atom is 0.344 e. The highest BCUT2D eigenvalue weighted by Gasteiger charge is 2.38. The quantitative estimate of drug-likeness (QED) is 0.406. The molecule has 1 heterocycles. The number of carboxylic acid groups (broad SMARTS) is 1. The Morgan fingerprint density at radius 1 is 1.05 bits per heavy atom. The zero-order chi connectivity index (χ0) is 26.7. The number of carboxylic acids is 1. The van der Waals surface area contributed by atoms with E-state index >= 15 is 0 Å². The second-order valence-corrected chi connectivity index (χ2v) is 9.51. The van der Waals surface area contributed by atoms with Crippen LogP contribution in [0, 0.1) is 0 Å². The molecule has 1 N–H and O–H groups in total. The first-order valence-electron chi connectivity index (χ1n) is 12.2. The van der Waals surface area contributed by atoms with Gasteiger partial charge in [-0.05, 0) is 79.9 Å². The van der Waals surface area contributed by atoms with Gasteiger partial charge < -0.3 is 19.6 Å². The summed E-state index contributed by atoms with van der Waals surface area (Å²) >= 11 is 6.07. The molecule has 3 atom stereocenters. The van der Waals surface area contributed by atoms with Gasteiger partial charge in [-0.3, -0.25) is 9.59 Å². The first-order valence-corrected chi connectivity index (χ1v) is 12.6. The summed E-state index contributed by atoms with van der Waals surface area (Å²) in [7, 11) is 0. The van der Waals surface area contributed by atoms with Crippen molar-refractivity contribution < 1.29 is 24.2 Å². The van der Waals surface area contributed by atoms with E-state index in [9.17, 15) is 19.5 Å². The van der Waals surface area contributed by atoms with E-state index < -0.39 is 12.1 Å². The molecule has 3 aromatic rings. The van der Waals surface area contributed by atoms with Crippen LogP contribution in [0.4, 0.5) is 11.4 Å². The standard InChI is InChI=1S/C29H29ClN2O5/c1-4-27(29(35)36)37-23-15-9-20(10-16-23)28(34)31-18(2)17-26(24-7-5-6-8-25(24)31)32(19(3)33)22-13-11-21(30)12-14-22/h5-16,18,26-27H,4,17H2,1-3H3,(H,35,36)/t18-,26+,27?/m0/s1. The zero-order valence-corrected chi connectivity index (χ0v) is 21.7. The molecule has 7 nitrogen and oxygen atoms in total. The molecule has 0 aromatic heterocycles. The third kappa shape index (κ3) is 5.47. The first kappa shape index (κ1) is 26.2. The third-order valence-corrected chi connectivity index (χ3v) is 6.81. The minimum Gasteiger partial charge on any atom is -0.479 e. The number of nitrogens with zero attached hydrogens (tertiary/aromatic N) is 2. The number of carbonyl (C=O) groups excluding carboxylic acids is 2. The van der Waals surface area contributed by atoms with Crippen molar-refractivity contribution in [2.75, 3.05) is 9.80 Å². The lowest BCUT2D eigenvalue weighted by molar-refractivity contribution is -0.145. The largest absolute Gasteiger partial charge is 0.479 e. The van der Waals surface area contributed by atoms with Crippen molar-refractivity contribution in [2.24, 2.45) is 0 Å². The topological polar surface area (TPSA) is 87.2 Å². The van der Waals surface area contributed by atoms with Crippen LogP contribution < -0.4 is 14.5 Å². The van der Waals surface area contributed by atoms with E-state index in [-0.39, 0.29) is 23.9 Å². The van der Waals surface area contributed by atoms with Crippen LogP contribution in [-0.4, -0.2) is 35.0 Å². The van der Waals surface area contributed by atoms with E-state index in [0.29, 0.717) is 29.2 Å². The van der Waals surface area contributed by atoms with Crippen LogP contribution in [0.25, 0.3) is 0 Å². The molecule has 0 radical (unpaired) electrons. The lowest BCUT2D eigenvalue weighted by Crippen LogP contribution is -2.47. The highest BCUT2D eigenvalue weighted by molar-refractivity contribution is 6.30. The van der Waals surface area contributed by atoms with Crippen LogP contribution >= 0.6 is 11.6 Å². The van der Waals surface area contributed by atoms with Gasteiger partial charge in [-0.25, -0.2) is 4.79 Å². The van der Waals surface area contributed by atoms with Gasteiger partial charge in [0.1, 0.15) is 5.75 Å². The Hall–Kier alpha value is -3.84. The normalized spacial score (nSPS) is 17.5. The highest BCUT2D eigenvalue weighted by atomic mass is 35.5. The van der Waals surface area contributed by atoms with Crippen LogP contribution in [0.1, 0.15) is 55.6 Å². The monoisotopic (exact) mass is 520 g/mol. The zero-order valence-electron chi connectivity index (χ0n) is 20.9. The molecule has 0 bridgehead atoms. The van der Waals surface area contributed by atoms with Gasteiger partial charge in [0.25, 0.3) is 5.91 Å². The second-order valence-electron chi connectivity index (χ2n) is 9.08. The van der Waals surface area contributed by atoms with Crippen molar-refractivity contribution >= 4 is 40.8 Å². The maximum atomic E-state index is 13.7. The molecule has 1 aliphatic heterocycles. The Labute approximate surface area is 221 Å². The van der Waals surface area contributed by atoms with Gasteiger partial charge in [0.2, 0.25) is 5.91 Å². The molecule has 3 aromatic carbocycles. The third-order valence-electron chi connectivity index (χ3n) is 6.56. The number of anilines is 2. The fourth-order valence-corrected chi connectivity index (χ4v) is 4.93. The summed E-state index contributed by atoms with van der Waals surface area (Å²) in [4.78, 5) is 41.3. The average molecular weight is 521 g/mol. The van der Waals surface area contributed by atoms with E-state index in [1.807, 2.05) is 43.3 Å². The van der Waals surface area contributed by atoms with Crippen molar-refractivity contribution in [3.63, 3.8) is 0 Å². The van der Waals surface area contributed by atoms with Crippen molar-refractivity contribution in [1.29, 1.82) is 0 Å². The number of amides is 2. The van der Waals surface area contributed by atoms with Gasteiger partial charge in [-0.1, -0.05) is 36.7 Å². The number of aliphatic carboxylic acids is 1. The predicted octanol–water partition coefficient (Wildman–Crippen LogP) is 6.12. The van der Waals surface area contributed by atoms with Gasteiger partial charge in [0, 0.05) is 34.9 Å². The molecule has 1 unspecified atom stereocenters. The van der Waals surface area contributed by atoms with Crippen LogP contribution in [0.3, 0.4) is 0 Å². The van der Waals surface area contributed by atoms with Crippen molar-refractivity contribution in [1.82, 2.24) is 0 Å². The van der Waals surface area contributed by atoms with Gasteiger partial charge >= 0.3 is 5.97 Å². The average Bonchev–Trinajstić information content (AvgIpc) is 2.88. The number of benzene rings is 3. The lowest BCUT2D eigenvalue weighted by atomic mass is 9.89. The summed E-state index contributed by atoms with van der Waals surface area (Å²) in [5.74, 6) is -0.931. The van der Waals surface area contributed by atoms with Crippen LogP contribution in [0.15, 0.2) is 72.8 Å². The van der Waals surface area contributed by atoms with E-state index in [0.717, 1.165) is 16.9 Å². The molecule has 37 heavy (non-hydrogen) atoms. The molecule has 0 spiro atoms. The number of halogens is 1. The Balaban J connectivity index is 1.65. The van der Waals surface area contributed by atoms with E-state index in [2.05, 4.69) is 0 Å². The molecular formula is C29H29ClN2O5. The second kappa shape index (κ2) is 11.0. The van der Waals surface area contributed by atoms with Crippen molar-refractivity contribution in [3.05, 3.63) is 88.9 Å². The fourth-order valence-electron chi connectivity index (χ4n) is 4.81. The SMILES string of the molecule is CCC(Oc1ccc(C(=O)N2c3ccccc3[C@H](N(C(C)=O)c3ccc(Cl)cc3)C[C@@H]2C)cc1)C(=O)O. The smallest absolute Gasteiger partial charge is 0.344 e. The Morgan fingerprint density at radius 3 is 2.30 bits per heavy atom. The first-order chi connectivity index (χ1) is 17.7. The van der Waals surface area contributed by atoms with E-state index in [4.69, 9.17) is 16.3 Å². The maximum absolute atomic E-state index is 13.7. The van der Waals surface area contributed by atoms with Gasteiger partial charge in [-0.15, -0.1) is 0 Å².